The van der Waals surface area contributed by atoms with Gasteiger partial charge in [-0.3, -0.25) is 14.9 Å². The van der Waals surface area contributed by atoms with Crippen molar-refractivity contribution in [3.8, 4) is 0 Å². The van der Waals surface area contributed by atoms with Crippen LogP contribution in [0.3, 0.4) is 0 Å². The topological polar surface area (TPSA) is 130 Å². The van der Waals surface area contributed by atoms with Gasteiger partial charge in [-0.05, 0) is 37.7 Å². The number of nitro benzene ring substituents is 1. The van der Waals surface area contributed by atoms with E-state index in [9.17, 15) is 23.3 Å². The van der Waals surface area contributed by atoms with Gasteiger partial charge in [-0.2, -0.15) is 0 Å². The number of non-ortho nitro benzene ring substituents is 1. The van der Waals surface area contributed by atoms with Crippen LogP contribution in [-0.2, 0) is 14.8 Å². The van der Waals surface area contributed by atoms with E-state index >= 15 is 0 Å². The van der Waals surface area contributed by atoms with Crippen LogP contribution in [0.4, 0.5) is 5.69 Å². The molecule has 2 aliphatic rings. The van der Waals surface area contributed by atoms with E-state index in [0.717, 1.165) is 18.9 Å². The van der Waals surface area contributed by atoms with Gasteiger partial charge in [-0.1, -0.05) is 6.07 Å². The Morgan fingerprint density at radius 3 is 2.59 bits per heavy atom. The van der Waals surface area contributed by atoms with Gasteiger partial charge in [-0.15, -0.1) is 0 Å². The molecule has 2 atom stereocenters. The first kappa shape index (κ1) is 19.7. The molecule has 3 rings (SSSR count). The van der Waals surface area contributed by atoms with Crippen molar-refractivity contribution in [1.29, 1.82) is 0 Å². The minimum atomic E-state index is -3.86. The minimum absolute atomic E-state index is 0.0221. The molecule has 2 saturated heterocycles. The van der Waals surface area contributed by atoms with E-state index in [1.807, 2.05) is 0 Å². The molecule has 0 saturated carbocycles. The van der Waals surface area contributed by atoms with Crippen LogP contribution in [0.1, 0.15) is 32.1 Å². The molecule has 1 aromatic carbocycles. The Balaban J connectivity index is 1.42. The Kier molecular flexibility index (Phi) is 6.08. The zero-order chi connectivity index (χ0) is 19.4. The number of benzene rings is 1. The van der Waals surface area contributed by atoms with Gasteiger partial charge in [0.2, 0.25) is 15.9 Å². The first-order valence-electron chi connectivity index (χ1n) is 9.10. The summed E-state index contributed by atoms with van der Waals surface area (Å²) in [7, 11) is -3.86. The standard InChI is InChI=1S/C17H24N4O5S/c22-17(10-12-8-13-4-5-14(9-12)20-13)18-6-7-19-27(25,26)16-3-1-2-15(11-16)21(23)24/h1-3,11-14,19-20H,4-10H2,(H,18,22). The van der Waals surface area contributed by atoms with Crippen molar-refractivity contribution < 1.29 is 18.1 Å². The van der Waals surface area contributed by atoms with Gasteiger partial charge in [0.15, 0.2) is 0 Å². The summed E-state index contributed by atoms with van der Waals surface area (Å²) in [6, 6.07) is 5.91. The molecule has 2 unspecified atom stereocenters. The van der Waals surface area contributed by atoms with E-state index in [2.05, 4.69) is 15.4 Å². The van der Waals surface area contributed by atoms with Crippen LogP contribution in [0, 0.1) is 16.0 Å². The quantitative estimate of drug-likeness (QED) is 0.340. The van der Waals surface area contributed by atoms with Crippen LogP contribution in [0.25, 0.3) is 0 Å². The lowest BCUT2D eigenvalue weighted by Gasteiger charge is -2.28. The van der Waals surface area contributed by atoms with Crippen molar-refractivity contribution in [3.63, 3.8) is 0 Å². The summed E-state index contributed by atoms with van der Waals surface area (Å²) < 4.78 is 26.7. The number of hydrogen-bond donors (Lipinski definition) is 3. The molecular formula is C17H24N4O5S. The lowest BCUT2D eigenvalue weighted by Crippen LogP contribution is -2.40. The highest BCUT2D eigenvalue weighted by Crippen LogP contribution is 2.32. The predicted molar refractivity (Wildman–Crippen MR) is 98.6 cm³/mol. The molecular weight excluding hydrogens is 372 g/mol. The third kappa shape index (κ3) is 5.24. The second kappa shape index (κ2) is 8.32. The van der Waals surface area contributed by atoms with E-state index in [1.54, 1.807) is 0 Å². The molecule has 0 spiro atoms. The SMILES string of the molecule is O=C(CC1CC2CCC(C1)N2)NCCNS(=O)(=O)c1cccc([N+](=O)[O-])c1. The summed E-state index contributed by atoms with van der Waals surface area (Å²) >= 11 is 0. The number of piperidine rings is 1. The maximum Gasteiger partial charge on any atom is 0.270 e. The molecule has 1 aromatic rings. The van der Waals surface area contributed by atoms with Gasteiger partial charge in [0.1, 0.15) is 0 Å². The number of amides is 1. The highest BCUT2D eigenvalue weighted by molar-refractivity contribution is 7.89. The summed E-state index contributed by atoms with van der Waals surface area (Å²) in [5.41, 5.74) is -0.290. The Morgan fingerprint density at radius 1 is 1.22 bits per heavy atom. The highest BCUT2D eigenvalue weighted by Gasteiger charge is 2.34. The summed E-state index contributed by atoms with van der Waals surface area (Å²) in [6.07, 6.45) is 4.86. The predicted octanol–water partition coefficient (Wildman–Crippen LogP) is 0.910. The molecule has 2 bridgehead atoms. The van der Waals surface area contributed by atoms with Crippen LogP contribution in [0.2, 0.25) is 0 Å². The molecule has 0 radical (unpaired) electrons. The van der Waals surface area contributed by atoms with Crippen LogP contribution in [0.5, 0.6) is 0 Å². The van der Waals surface area contributed by atoms with Gasteiger partial charge in [0.05, 0.1) is 9.82 Å². The van der Waals surface area contributed by atoms with Gasteiger partial charge < -0.3 is 10.6 Å². The molecule has 2 heterocycles. The second-order valence-electron chi connectivity index (χ2n) is 7.18. The lowest BCUT2D eigenvalue weighted by molar-refractivity contribution is -0.385. The molecule has 9 nitrogen and oxygen atoms in total. The number of fused-ring (bicyclic) bond motifs is 2. The van der Waals surface area contributed by atoms with Crippen molar-refractivity contribution in [2.24, 2.45) is 5.92 Å². The Bertz CT molecular complexity index is 801. The minimum Gasteiger partial charge on any atom is -0.355 e. The zero-order valence-corrected chi connectivity index (χ0v) is 15.7. The third-order valence-corrected chi connectivity index (χ3v) is 6.58. The molecule has 27 heavy (non-hydrogen) atoms. The number of sulfonamides is 1. The number of carbonyl (C=O) groups excluding carboxylic acids is 1. The molecule has 1 amide bonds. The van der Waals surface area contributed by atoms with Crippen LogP contribution < -0.4 is 15.4 Å². The first-order valence-corrected chi connectivity index (χ1v) is 10.6. The van der Waals surface area contributed by atoms with Crippen molar-refractivity contribution >= 4 is 21.6 Å². The summed E-state index contributed by atoms with van der Waals surface area (Å²) in [5, 5.41) is 17.0. The molecule has 148 valence electrons. The van der Waals surface area contributed by atoms with Crippen LogP contribution >= 0.6 is 0 Å². The van der Waals surface area contributed by atoms with E-state index in [4.69, 9.17) is 0 Å². The second-order valence-corrected chi connectivity index (χ2v) is 8.95. The fraction of sp³-hybridized carbons (Fsp3) is 0.588. The average Bonchev–Trinajstić information content (AvgIpc) is 2.97. The van der Waals surface area contributed by atoms with E-state index in [-0.39, 0.29) is 29.6 Å². The van der Waals surface area contributed by atoms with Gasteiger partial charge >= 0.3 is 0 Å². The molecule has 3 N–H and O–H groups in total. The molecule has 10 heteroatoms. The monoisotopic (exact) mass is 396 g/mol. The van der Waals surface area contributed by atoms with Crippen LogP contribution in [-0.4, -0.2) is 44.4 Å². The van der Waals surface area contributed by atoms with E-state index in [0.29, 0.717) is 24.4 Å². The van der Waals surface area contributed by atoms with Crippen molar-refractivity contribution in [1.82, 2.24) is 15.4 Å². The molecule has 2 fully saturated rings. The van der Waals surface area contributed by atoms with Crippen LogP contribution in [0.15, 0.2) is 29.2 Å². The summed E-state index contributed by atoms with van der Waals surface area (Å²) in [5.74, 6) is 0.307. The summed E-state index contributed by atoms with van der Waals surface area (Å²) in [6.45, 7) is 0.194. The van der Waals surface area contributed by atoms with E-state index < -0.39 is 14.9 Å². The largest absolute Gasteiger partial charge is 0.355 e. The fourth-order valence-electron chi connectivity index (χ4n) is 3.91. The van der Waals surface area contributed by atoms with Crippen molar-refractivity contribution in [2.75, 3.05) is 13.1 Å². The van der Waals surface area contributed by atoms with Crippen molar-refractivity contribution in [3.05, 3.63) is 34.4 Å². The van der Waals surface area contributed by atoms with Gasteiger partial charge in [0, 0.05) is 43.7 Å². The first-order chi connectivity index (χ1) is 12.8. The normalized spacial score (nSPS) is 24.5. The third-order valence-electron chi connectivity index (χ3n) is 5.12. The number of hydrogen-bond acceptors (Lipinski definition) is 6. The van der Waals surface area contributed by atoms with Crippen molar-refractivity contribution in [2.45, 2.75) is 49.1 Å². The Morgan fingerprint density at radius 2 is 1.93 bits per heavy atom. The number of rotatable bonds is 8. The summed E-state index contributed by atoms with van der Waals surface area (Å²) in [4.78, 5) is 22.0. The van der Waals surface area contributed by atoms with Gasteiger partial charge in [-0.25, -0.2) is 13.1 Å². The number of carbonyl (C=O) groups is 1. The average molecular weight is 396 g/mol. The molecule has 0 aliphatic carbocycles. The Hall–Kier alpha value is -2.04. The molecule has 2 aliphatic heterocycles. The zero-order valence-electron chi connectivity index (χ0n) is 14.9. The number of nitrogens with zero attached hydrogens (tertiary/aromatic N) is 1. The van der Waals surface area contributed by atoms with Gasteiger partial charge in [0.25, 0.3) is 5.69 Å². The Labute approximate surface area is 158 Å². The smallest absolute Gasteiger partial charge is 0.270 e. The lowest BCUT2D eigenvalue weighted by atomic mass is 9.89. The number of nitro groups is 1. The number of nitrogens with one attached hydrogen (secondary N) is 3. The van der Waals surface area contributed by atoms with E-state index in [1.165, 1.54) is 31.0 Å². The maximum absolute atomic E-state index is 12.2. The molecule has 0 aromatic heterocycles. The maximum atomic E-state index is 12.2. The fourth-order valence-corrected chi connectivity index (χ4v) is 4.98. The highest BCUT2D eigenvalue weighted by atomic mass is 32.2.